The highest BCUT2D eigenvalue weighted by Crippen LogP contribution is 2.29. The van der Waals surface area contributed by atoms with Crippen molar-refractivity contribution in [3.8, 4) is 11.7 Å². The number of nitrogens with one attached hydrogen (secondary N) is 1. The van der Waals surface area contributed by atoms with E-state index >= 15 is 0 Å². The standard InChI is InChI=1S/C16H16ClNO4/c17-12-5-1-2-6-13(12)21-15-8-7-14(22-15)16(19)18-10-11-4-3-9-20-11/h1-2,5-8,11H,3-4,9-10H2,(H,18,19)/t11-/m1/s1. The summed E-state index contributed by atoms with van der Waals surface area (Å²) in [6, 6.07) is 10.2. The quantitative estimate of drug-likeness (QED) is 0.913. The molecule has 1 fully saturated rings. The lowest BCUT2D eigenvalue weighted by Crippen LogP contribution is -2.31. The highest BCUT2D eigenvalue weighted by molar-refractivity contribution is 6.32. The molecule has 1 amide bonds. The molecular formula is C16H16ClNO4. The summed E-state index contributed by atoms with van der Waals surface area (Å²) in [7, 11) is 0. The van der Waals surface area contributed by atoms with Crippen LogP contribution in [0.1, 0.15) is 23.4 Å². The first-order valence-corrected chi connectivity index (χ1v) is 7.52. The third kappa shape index (κ3) is 3.61. The third-order valence-corrected chi connectivity index (χ3v) is 3.68. The van der Waals surface area contributed by atoms with Gasteiger partial charge in [0, 0.05) is 19.2 Å². The van der Waals surface area contributed by atoms with E-state index in [0.717, 1.165) is 19.4 Å². The molecule has 0 unspecified atom stereocenters. The van der Waals surface area contributed by atoms with Crippen LogP contribution in [0.4, 0.5) is 0 Å². The summed E-state index contributed by atoms with van der Waals surface area (Å²) in [5, 5.41) is 3.27. The average Bonchev–Trinajstić information content (AvgIpc) is 3.19. The Labute approximate surface area is 133 Å². The smallest absolute Gasteiger partial charge is 0.290 e. The van der Waals surface area contributed by atoms with Gasteiger partial charge in [0.1, 0.15) is 5.75 Å². The minimum absolute atomic E-state index is 0.0951. The number of carbonyl (C=O) groups is 1. The highest BCUT2D eigenvalue weighted by Gasteiger charge is 2.18. The molecule has 1 aliphatic rings. The van der Waals surface area contributed by atoms with Crippen molar-refractivity contribution in [3.05, 3.63) is 47.2 Å². The number of halogens is 1. The number of para-hydroxylation sites is 1. The van der Waals surface area contributed by atoms with Gasteiger partial charge in [-0.1, -0.05) is 23.7 Å². The number of carbonyl (C=O) groups excluding carboxylic acids is 1. The van der Waals surface area contributed by atoms with Crippen LogP contribution in [0.15, 0.2) is 40.8 Å². The zero-order valence-electron chi connectivity index (χ0n) is 11.9. The second-order valence-electron chi connectivity index (χ2n) is 5.00. The van der Waals surface area contributed by atoms with E-state index in [-0.39, 0.29) is 23.7 Å². The van der Waals surface area contributed by atoms with Gasteiger partial charge in [0.25, 0.3) is 11.9 Å². The predicted octanol–water partition coefficient (Wildman–Crippen LogP) is 3.63. The summed E-state index contributed by atoms with van der Waals surface area (Å²) in [5.74, 6) is 0.602. The molecule has 22 heavy (non-hydrogen) atoms. The Bertz CT molecular complexity index is 649. The molecule has 6 heteroatoms. The van der Waals surface area contributed by atoms with E-state index in [0.29, 0.717) is 17.3 Å². The Kier molecular flexibility index (Phi) is 4.65. The molecule has 2 heterocycles. The van der Waals surface area contributed by atoms with Crippen LogP contribution in [0.2, 0.25) is 5.02 Å². The number of rotatable bonds is 5. The van der Waals surface area contributed by atoms with Gasteiger partial charge < -0.3 is 19.2 Å². The molecule has 5 nitrogen and oxygen atoms in total. The zero-order chi connectivity index (χ0) is 15.4. The summed E-state index contributed by atoms with van der Waals surface area (Å²) in [6.45, 7) is 1.25. The molecular weight excluding hydrogens is 306 g/mol. The fraction of sp³-hybridized carbons (Fsp3) is 0.312. The molecule has 1 saturated heterocycles. The van der Waals surface area contributed by atoms with E-state index in [4.69, 9.17) is 25.5 Å². The second-order valence-corrected chi connectivity index (χ2v) is 5.40. The summed E-state index contributed by atoms with van der Waals surface area (Å²) in [5.41, 5.74) is 0. The van der Waals surface area contributed by atoms with Gasteiger partial charge in [-0.05, 0) is 31.0 Å². The van der Waals surface area contributed by atoms with Crippen molar-refractivity contribution in [2.45, 2.75) is 18.9 Å². The number of benzene rings is 1. The van der Waals surface area contributed by atoms with Crippen LogP contribution in [0.5, 0.6) is 11.7 Å². The average molecular weight is 322 g/mol. The first-order chi connectivity index (χ1) is 10.7. The molecule has 1 aromatic heterocycles. The molecule has 0 bridgehead atoms. The van der Waals surface area contributed by atoms with Gasteiger partial charge in [-0.25, -0.2) is 0 Å². The Morgan fingerprint density at radius 2 is 2.18 bits per heavy atom. The summed E-state index contributed by atoms with van der Waals surface area (Å²) >= 11 is 6.01. The van der Waals surface area contributed by atoms with E-state index in [2.05, 4.69) is 5.32 Å². The van der Waals surface area contributed by atoms with Crippen molar-refractivity contribution in [1.29, 1.82) is 0 Å². The van der Waals surface area contributed by atoms with E-state index in [9.17, 15) is 4.79 Å². The number of hydrogen-bond donors (Lipinski definition) is 1. The first kappa shape index (κ1) is 14.9. The molecule has 1 N–H and O–H groups in total. The molecule has 116 valence electrons. The molecule has 1 aliphatic heterocycles. The van der Waals surface area contributed by atoms with Crippen LogP contribution in [-0.4, -0.2) is 25.2 Å². The van der Waals surface area contributed by atoms with Gasteiger partial charge in [-0.15, -0.1) is 0 Å². The van der Waals surface area contributed by atoms with Gasteiger partial charge in [-0.2, -0.15) is 0 Å². The third-order valence-electron chi connectivity index (χ3n) is 3.37. The highest BCUT2D eigenvalue weighted by atomic mass is 35.5. The van der Waals surface area contributed by atoms with Gasteiger partial charge in [0.15, 0.2) is 5.76 Å². The van der Waals surface area contributed by atoms with Crippen molar-refractivity contribution in [2.24, 2.45) is 0 Å². The predicted molar refractivity (Wildman–Crippen MR) is 81.5 cm³/mol. The largest absolute Gasteiger partial charge is 0.424 e. The summed E-state index contributed by atoms with van der Waals surface area (Å²) < 4.78 is 16.4. The van der Waals surface area contributed by atoms with E-state index in [1.165, 1.54) is 0 Å². The SMILES string of the molecule is O=C(NC[C@H]1CCCO1)c1ccc(Oc2ccccc2Cl)o1. The zero-order valence-corrected chi connectivity index (χ0v) is 12.6. The Morgan fingerprint density at radius 1 is 1.32 bits per heavy atom. The molecule has 0 radical (unpaired) electrons. The minimum atomic E-state index is -0.287. The number of ether oxygens (including phenoxy) is 2. The van der Waals surface area contributed by atoms with Crippen molar-refractivity contribution >= 4 is 17.5 Å². The number of hydrogen-bond acceptors (Lipinski definition) is 4. The fourth-order valence-electron chi connectivity index (χ4n) is 2.23. The van der Waals surface area contributed by atoms with Crippen molar-refractivity contribution in [1.82, 2.24) is 5.32 Å². The van der Waals surface area contributed by atoms with Crippen LogP contribution in [0.3, 0.4) is 0 Å². The van der Waals surface area contributed by atoms with Crippen molar-refractivity contribution in [3.63, 3.8) is 0 Å². The molecule has 0 spiro atoms. The maximum Gasteiger partial charge on any atom is 0.290 e. The van der Waals surface area contributed by atoms with Crippen molar-refractivity contribution < 1.29 is 18.7 Å². The number of amides is 1. The normalized spacial score (nSPS) is 17.4. The lowest BCUT2D eigenvalue weighted by molar-refractivity contribution is 0.0831. The maximum absolute atomic E-state index is 12.0. The molecule has 0 saturated carbocycles. The number of furan rings is 1. The lowest BCUT2D eigenvalue weighted by atomic mass is 10.2. The van der Waals surface area contributed by atoms with E-state index in [1.54, 1.807) is 36.4 Å². The van der Waals surface area contributed by atoms with Crippen LogP contribution in [0.25, 0.3) is 0 Å². The molecule has 0 aliphatic carbocycles. The van der Waals surface area contributed by atoms with Gasteiger partial charge in [0.05, 0.1) is 11.1 Å². The van der Waals surface area contributed by atoms with Crippen LogP contribution in [0, 0.1) is 0 Å². The first-order valence-electron chi connectivity index (χ1n) is 7.14. The van der Waals surface area contributed by atoms with Crippen LogP contribution in [-0.2, 0) is 4.74 Å². The van der Waals surface area contributed by atoms with Gasteiger partial charge in [0.2, 0.25) is 0 Å². The van der Waals surface area contributed by atoms with E-state index < -0.39 is 0 Å². The van der Waals surface area contributed by atoms with Crippen LogP contribution < -0.4 is 10.1 Å². The second kappa shape index (κ2) is 6.85. The van der Waals surface area contributed by atoms with Crippen LogP contribution >= 0.6 is 11.6 Å². The molecule has 1 atom stereocenters. The molecule has 3 rings (SSSR count). The maximum atomic E-state index is 12.0. The Hall–Kier alpha value is -1.98. The van der Waals surface area contributed by atoms with Crippen molar-refractivity contribution in [2.75, 3.05) is 13.2 Å². The van der Waals surface area contributed by atoms with E-state index in [1.807, 2.05) is 0 Å². The molecule has 2 aromatic rings. The lowest BCUT2D eigenvalue weighted by Gasteiger charge is -2.09. The monoisotopic (exact) mass is 321 g/mol. The topological polar surface area (TPSA) is 60.7 Å². The Balaban J connectivity index is 1.58. The molecule has 1 aromatic carbocycles. The van der Waals surface area contributed by atoms with Gasteiger partial charge in [-0.3, -0.25) is 4.79 Å². The fourth-order valence-corrected chi connectivity index (χ4v) is 2.41. The van der Waals surface area contributed by atoms with Gasteiger partial charge >= 0.3 is 0 Å². The minimum Gasteiger partial charge on any atom is -0.424 e. The summed E-state index contributed by atoms with van der Waals surface area (Å²) in [4.78, 5) is 12.0. The Morgan fingerprint density at radius 3 is 2.95 bits per heavy atom. The summed E-state index contributed by atoms with van der Waals surface area (Å²) in [6.07, 6.45) is 2.11.